The normalized spacial score (nSPS) is 11.3. The van der Waals surface area contributed by atoms with Crippen molar-refractivity contribution < 1.29 is 9.32 Å². The Hall–Kier alpha value is -3.59. The second-order valence-electron chi connectivity index (χ2n) is 6.59. The van der Waals surface area contributed by atoms with Gasteiger partial charge in [0.2, 0.25) is 0 Å². The van der Waals surface area contributed by atoms with E-state index < -0.39 is 5.91 Å². The number of nitrogens with one attached hydrogen (secondary N) is 1. The monoisotopic (exact) mass is 374 g/mol. The van der Waals surface area contributed by atoms with Crippen LogP contribution in [0.25, 0.3) is 11.8 Å². The highest BCUT2D eigenvalue weighted by Gasteiger charge is 2.16. The van der Waals surface area contributed by atoms with Gasteiger partial charge in [-0.1, -0.05) is 30.3 Å². The molecule has 0 atom stereocenters. The van der Waals surface area contributed by atoms with Gasteiger partial charge < -0.3 is 14.4 Å². The number of aromatic nitrogens is 2. The third-order valence-corrected chi connectivity index (χ3v) is 4.62. The molecule has 1 amide bonds. The van der Waals surface area contributed by atoms with Gasteiger partial charge >= 0.3 is 0 Å². The first-order chi connectivity index (χ1) is 13.4. The van der Waals surface area contributed by atoms with Gasteiger partial charge in [-0.3, -0.25) is 4.79 Å². The van der Waals surface area contributed by atoms with Gasteiger partial charge in [0.25, 0.3) is 5.91 Å². The van der Waals surface area contributed by atoms with E-state index in [1.54, 1.807) is 19.1 Å². The van der Waals surface area contributed by atoms with Crippen LogP contribution in [0.5, 0.6) is 0 Å². The van der Waals surface area contributed by atoms with Crippen molar-refractivity contribution in [3.05, 3.63) is 70.2 Å². The van der Waals surface area contributed by atoms with E-state index in [2.05, 4.69) is 34.1 Å². The quantitative estimate of drug-likeness (QED) is 0.526. The Balaban J connectivity index is 1.97. The third kappa shape index (κ3) is 3.74. The molecule has 3 rings (SSSR count). The van der Waals surface area contributed by atoms with Gasteiger partial charge in [0.15, 0.2) is 5.82 Å². The molecule has 3 aromatic rings. The number of anilines is 1. The molecule has 28 heavy (non-hydrogen) atoms. The first kappa shape index (κ1) is 19.2. The van der Waals surface area contributed by atoms with Gasteiger partial charge in [0, 0.05) is 23.1 Å². The summed E-state index contributed by atoms with van der Waals surface area (Å²) in [5, 5.41) is 15.8. The molecule has 6 nitrogen and oxygen atoms in total. The Labute approximate surface area is 164 Å². The molecule has 0 saturated heterocycles. The molecule has 142 valence electrons. The standard InChI is InChI=1S/C22H22N4O2/c1-5-17-8-6-7-9-20(17)26-14(2)10-18(16(26)4)12-19(13-23)22(27)24-21-11-15(3)28-25-21/h6-12H,5H2,1-4H3,(H,24,25,27). The van der Waals surface area contributed by atoms with E-state index in [0.717, 1.165) is 29.1 Å². The van der Waals surface area contributed by atoms with Crippen LogP contribution in [0.3, 0.4) is 0 Å². The second-order valence-corrected chi connectivity index (χ2v) is 6.59. The molecule has 0 aliphatic carbocycles. The molecule has 6 heteroatoms. The predicted octanol–water partition coefficient (Wildman–Crippen LogP) is 4.50. The number of rotatable bonds is 5. The smallest absolute Gasteiger partial charge is 0.267 e. The molecule has 0 aliphatic heterocycles. The SMILES string of the molecule is CCc1ccccc1-n1c(C)cc(C=C(C#N)C(=O)Nc2cc(C)on2)c1C. The number of nitrogens with zero attached hydrogens (tertiary/aromatic N) is 3. The van der Waals surface area contributed by atoms with Gasteiger partial charge in [0.1, 0.15) is 17.4 Å². The van der Waals surface area contributed by atoms with Crippen molar-refractivity contribution in [2.24, 2.45) is 0 Å². The molecule has 0 radical (unpaired) electrons. The Kier molecular flexibility index (Phi) is 5.46. The highest BCUT2D eigenvalue weighted by molar-refractivity contribution is 6.09. The minimum atomic E-state index is -0.519. The number of carbonyl (C=O) groups is 1. The molecule has 0 aliphatic rings. The lowest BCUT2D eigenvalue weighted by atomic mass is 10.1. The summed E-state index contributed by atoms with van der Waals surface area (Å²) in [7, 11) is 0. The third-order valence-electron chi connectivity index (χ3n) is 4.62. The van der Waals surface area contributed by atoms with Gasteiger partial charge in [-0.2, -0.15) is 5.26 Å². The number of aryl methyl sites for hydroxylation is 3. The van der Waals surface area contributed by atoms with Crippen molar-refractivity contribution in [1.29, 1.82) is 5.26 Å². The summed E-state index contributed by atoms with van der Waals surface area (Å²) in [5.41, 5.74) is 5.18. The van der Waals surface area contributed by atoms with Crippen LogP contribution in [-0.4, -0.2) is 15.6 Å². The summed E-state index contributed by atoms with van der Waals surface area (Å²) in [6, 6.07) is 13.8. The zero-order valence-electron chi connectivity index (χ0n) is 16.4. The number of amides is 1. The fraction of sp³-hybridized carbons (Fsp3) is 0.227. The van der Waals surface area contributed by atoms with Crippen LogP contribution in [0.2, 0.25) is 0 Å². The Bertz CT molecular complexity index is 1100. The average Bonchev–Trinajstić information content (AvgIpc) is 3.21. The van der Waals surface area contributed by atoms with E-state index >= 15 is 0 Å². The van der Waals surface area contributed by atoms with E-state index in [1.165, 1.54) is 5.56 Å². The molecular formula is C22H22N4O2. The molecular weight excluding hydrogens is 352 g/mol. The summed E-state index contributed by atoms with van der Waals surface area (Å²) in [5.74, 6) is 0.344. The van der Waals surface area contributed by atoms with Gasteiger partial charge in [0.05, 0.1) is 0 Å². The van der Waals surface area contributed by atoms with Crippen LogP contribution in [0.4, 0.5) is 5.82 Å². The highest BCUT2D eigenvalue weighted by atomic mass is 16.5. The molecule has 2 heterocycles. The zero-order chi connectivity index (χ0) is 20.3. The maximum atomic E-state index is 12.4. The fourth-order valence-electron chi connectivity index (χ4n) is 3.25. The molecule has 1 N–H and O–H groups in total. The summed E-state index contributed by atoms with van der Waals surface area (Å²) in [6.45, 7) is 7.85. The van der Waals surface area contributed by atoms with Crippen LogP contribution in [0.1, 0.15) is 35.2 Å². The number of para-hydroxylation sites is 1. The van der Waals surface area contributed by atoms with Crippen molar-refractivity contribution in [1.82, 2.24) is 9.72 Å². The lowest BCUT2D eigenvalue weighted by molar-refractivity contribution is -0.112. The van der Waals surface area contributed by atoms with E-state index in [4.69, 9.17) is 4.52 Å². The van der Waals surface area contributed by atoms with E-state index in [9.17, 15) is 10.1 Å². The summed E-state index contributed by atoms with van der Waals surface area (Å²) in [6.07, 6.45) is 2.52. The second kappa shape index (κ2) is 7.97. The van der Waals surface area contributed by atoms with Gasteiger partial charge in [-0.05, 0) is 56.5 Å². The maximum absolute atomic E-state index is 12.4. The minimum Gasteiger partial charge on any atom is -0.360 e. The van der Waals surface area contributed by atoms with Crippen LogP contribution in [0.15, 0.2) is 46.5 Å². The largest absolute Gasteiger partial charge is 0.360 e. The van der Waals surface area contributed by atoms with Crippen molar-refractivity contribution in [3.63, 3.8) is 0 Å². The minimum absolute atomic E-state index is 0.00433. The number of carbonyl (C=O) groups excluding carboxylic acids is 1. The van der Waals surface area contributed by atoms with Crippen LogP contribution in [-0.2, 0) is 11.2 Å². The topological polar surface area (TPSA) is 83.9 Å². The van der Waals surface area contributed by atoms with Gasteiger partial charge in [-0.25, -0.2) is 0 Å². The molecule has 2 aromatic heterocycles. The summed E-state index contributed by atoms with van der Waals surface area (Å²) >= 11 is 0. The van der Waals surface area contributed by atoms with Crippen LogP contribution < -0.4 is 5.32 Å². The number of hydrogen-bond acceptors (Lipinski definition) is 4. The predicted molar refractivity (Wildman–Crippen MR) is 108 cm³/mol. The van der Waals surface area contributed by atoms with Crippen LogP contribution in [0, 0.1) is 32.1 Å². The van der Waals surface area contributed by atoms with Crippen molar-refractivity contribution in [3.8, 4) is 11.8 Å². The van der Waals surface area contributed by atoms with E-state index in [1.807, 2.05) is 38.1 Å². The molecule has 1 aromatic carbocycles. The number of nitriles is 1. The van der Waals surface area contributed by atoms with Crippen LogP contribution >= 0.6 is 0 Å². The molecule has 0 spiro atoms. The Morgan fingerprint density at radius 2 is 2.04 bits per heavy atom. The lowest BCUT2D eigenvalue weighted by Crippen LogP contribution is -2.13. The molecule has 0 fully saturated rings. The first-order valence-electron chi connectivity index (χ1n) is 9.08. The highest BCUT2D eigenvalue weighted by Crippen LogP contribution is 2.25. The van der Waals surface area contributed by atoms with E-state index in [0.29, 0.717) is 5.76 Å². The number of hydrogen-bond donors (Lipinski definition) is 1. The summed E-state index contributed by atoms with van der Waals surface area (Å²) in [4.78, 5) is 12.4. The summed E-state index contributed by atoms with van der Waals surface area (Å²) < 4.78 is 7.09. The first-order valence-corrected chi connectivity index (χ1v) is 9.08. The van der Waals surface area contributed by atoms with E-state index in [-0.39, 0.29) is 11.4 Å². The lowest BCUT2D eigenvalue weighted by Gasteiger charge is -2.14. The van der Waals surface area contributed by atoms with Crippen molar-refractivity contribution in [2.75, 3.05) is 5.32 Å². The Morgan fingerprint density at radius 3 is 2.68 bits per heavy atom. The molecule has 0 saturated carbocycles. The molecule has 0 unspecified atom stereocenters. The number of benzene rings is 1. The fourth-order valence-corrected chi connectivity index (χ4v) is 3.25. The van der Waals surface area contributed by atoms with Gasteiger partial charge in [-0.15, -0.1) is 0 Å². The van der Waals surface area contributed by atoms with Crippen molar-refractivity contribution in [2.45, 2.75) is 34.1 Å². The van der Waals surface area contributed by atoms with Crippen molar-refractivity contribution >= 4 is 17.8 Å². The average molecular weight is 374 g/mol. The molecule has 0 bridgehead atoms. The zero-order valence-corrected chi connectivity index (χ0v) is 16.4. The Morgan fingerprint density at radius 1 is 1.29 bits per heavy atom. The maximum Gasteiger partial charge on any atom is 0.267 e.